The van der Waals surface area contributed by atoms with Crippen LogP contribution in [-0.4, -0.2) is 27.2 Å². The molecule has 0 atom stereocenters. The molecule has 1 heterocycles. The average Bonchev–Trinajstić information content (AvgIpc) is 2.89. The number of rotatable bonds is 3. The molecule has 1 aromatic heterocycles. The molecule has 0 aliphatic rings. The number of nitrogens with two attached hydrogens (primary N) is 1. The van der Waals surface area contributed by atoms with Crippen LogP contribution < -0.4 is 11.1 Å². The molecule has 0 saturated carbocycles. The minimum Gasteiger partial charge on any atom is -0.345 e. The highest BCUT2D eigenvalue weighted by Gasteiger charge is 2.09. The van der Waals surface area contributed by atoms with Crippen LogP contribution in [0.3, 0.4) is 0 Å². The van der Waals surface area contributed by atoms with Crippen LogP contribution in [0.4, 0.5) is 4.39 Å². The SMILES string of the molecule is Cn1cnc(CNC(=O)c2ccc(C#CCN)c(F)c2)n1. The van der Waals surface area contributed by atoms with Crippen molar-refractivity contribution in [1.29, 1.82) is 0 Å². The molecular weight excluding hydrogens is 273 g/mol. The molecule has 21 heavy (non-hydrogen) atoms. The Morgan fingerprint density at radius 3 is 2.95 bits per heavy atom. The van der Waals surface area contributed by atoms with Gasteiger partial charge in [0, 0.05) is 12.6 Å². The van der Waals surface area contributed by atoms with Crippen LogP contribution >= 0.6 is 0 Å². The van der Waals surface area contributed by atoms with E-state index in [1.54, 1.807) is 7.05 Å². The molecular formula is C14H14FN5O. The van der Waals surface area contributed by atoms with Gasteiger partial charge in [-0.25, -0.2) is 9.37 Å². The van der Waals surface area contributed by atoms with Gasteiger partial charge in [-0.3, -0.25) is 9.48 Å². The number of aromatic nitrogens is 3. The number of benzene rings is 1. The Kier molecular flexibility index (Phi) is 4.64. The zero-order valence-electron chi connectivity index (χ0n) is 11.4. The Balaban J connectivity index is 2.04. The van der Waals surface area contributed by atoms with Gasteiger partial charge in [-0.1, -0.05) is 11.8 Å². The molecule has 108 valence electrons. The smallest absolute Gasteiger partial charge is 0.251 e. The van der Waals surface area contributed by atoms with Crippen LogP contribution in [0.15, 0.2) is 24.5 Å². The normalized spacial score (nSPS) is 9.86. The third kappa shape index (κ3) is 3.87. The lowest BCUT2D eigenvalue weighted by atomic mass is 10.1. The van der Waals surface area contributed by atoms with E-state index in [2.05, 4.69) is 27.2 Å². The number of carbonyl (C=O) groups excluding carboxylic acids is 1. The highest BCUT2D eigenvalue weighted by molar-refractivity contribution is 5.94. The number of carbonyl (C=O) groups is 1. The Morgan fingerprint density at radius 2 is 2.33 bits per heavy atom. The fourth-order valence-electron chi connectivity index (χ4n) is 1.63. The molecule has 0 bridgehead atoms. The fourth-order valence-corrected chi connectivity index (χ4v) is 1.63. The Bertz CT molecular complexity index is 714. The molecule has 2 rings (SSSR count). The van der Waals surface area contributed by atoms with Crippen molar-refractivity contribution in [2.24, 2.45) is 12.8 Å². The lowest BCUT2D eigenvalue weighted by Gasteiger charge is -2.04. The second-order valence-corrected chi connectivity index (χ2v) is 4.22. The predicted octanol–water partition coefficient (Wildman–Crippen LogP) is 0.194. The average molecular weight is 287 g/mol. The van der Waals surface area contributed by atoms with Crippen molar-refractivity contribution in [3.05, 3.63) is 47.3 Å². The van der Waals surface area contributed by atoms with E-state index in [4.69, 9.17) is 5.73 Å². The number of amides is 1. The van der Waals surface area contributed by atoms with Gasteiger partial charge in [0.1, 0.15) is 12.1 Å². The molecule has 2 aromatic rings. The monoisotopic (exact) mass is 287 g/mol. The number of halogens is 1. The largest absolute Gasteiger partial charge is 0.345 e. The second-order valence-electron chi connectivity index (χ2n) is 4.22. The summed E-state index contributed by atoms with van der Waals surface area (Å²) in [5, 5.41) is 6.65. The van der Waals surface area contributed by atoms with Gasteiger partial charge in [-0.15, -0.1) is 0 Å². The molecule has 6 nitrogen and oxygen atoms in total. The highest BCUT2D eigenvalue weighted by atomic mass is 19.1. The molecule has 0 radical (unpaired) electrons. The first kappa shape index (κ1) is 14.7. The standard InChI is InChI=1S/C14H14FN5O/c1-20-9-18-13(19-20)8-17-14(21)11-5-4-10(3-2-6-16)12(15)7-11/h4-5,7,9H,6,8,16H2,1H3,(H,17,21). The summed E-state index contributed by atoms with van der Waals surface area (Å²) in [4.78, 5) is 15.9. The van der Waals surface area contributed by atoms with Gasteiger partial charge < -0.3 is 11.1 Å². The second kappa shape index (κ2) is 6.63. The van der Waals surface area contributed by atoms with Gasteiger partial charge in [0.15, 0.2) is 5.82 Å². The van der Waals surface area contributed by atoms with Gasteiger partial charge in [0.2, 0.25) is 0 Å². The first-order valence-electron chi connectivity index (χ1n) is 6.21. The third-order valence-corrected chi connectivity index (χ3v) is 2.61. The molecule has 1 amide bonds. The molecule has 3 N–H and O–H groups in total. The fraction of sp³-hybridized carbons (Fsp3) is 0.214. The van der Waals surface area contributed by atoms with Gasteiger partial charge >= 0.3 is 0 Å². The van der Waals surface area contributed by atoms with E-state index in [1.165, 1.54) is 23.1 Å². The van der Waals surface area contributed by atoms with Crippen molar-refractivity contribution < 1.29 is 9.18 Å². The third-order valence-electron chi connectivity index (χ3n) is 2.61. The predicted molar refractivity (Wildman–Crippen MR) is 74.5 cm³/mol. The summed E-state index contributed by atoms with van der Waals surface area (Å²) in [5.74, 6) is 4.68. The van der Waals surface area contributed by atoms with Crippen LogP contribution in [0.1, 0.15) is 21.7 Å². The van der Waals surface area contributed by atoms with E-state index in [1.807, 2.05) is 0 Å². The van der Waals surface area contributed by atoms with E-state index in [-0.39, 0.29) is 24.2 Å². The number of hydrogen-bond donors (Lipinski definition) is 2. The van der Waals surface area contributed by atoms with Crippen molar-refractivity contribution >= 4 is 5.91 Å². The van der Waals surface area contributed by atoms with Crippen molar-refractivity contribution in [1.82, 2.24) is 20.1 Å². The van der Waals surface area contributed by atoms with E-state index >= 15 is 0 Å². The van der Waals surface area contributed by atoms with Gasteiger partial charge in [0.05, 0.1) is 18.7 Å². The minimum absolute atomic E-state index is 0.152. The summed E-state index contributed by atoms with van der Waals surface area (Å²) >= 11 is 0. The zero-order chi connectivity index (χ0) is 15.2. The lowest BCUT2D eigenvalue weighted by molar-refractivity contribution is 0.0949. The molecule has 0 unspecified atom stereocenters. The maximum Gasteiger partial charge on any atom is 0.251 e. The maximum atomic E-state index is 13.7. The summed E-state index contributed by atoms with van der Waals surface area (Å²) in [6.07, 6.45) is 1.53. The number of nitrogens with zero attached hydrogens (tertiary/aromatic N) is 3. The number of nitrogens with one attached hydrogen (secondary N) is 1. The highest BCUT2D eigenvalue weighted by Crippen LogP contribution is 2.09. The summed E-state index contributed by atoms with van der Waals surface area (Å²) < 4.78 is 15.3. The van der Waals surface area contributed by atoms with Crippen LogP contribution in [0.5, 0.6) is 0 Å². The Morgan fingerprint density at radius 1 is 1.52 bits per heavy atom. The lowest BCUT2D eigenvalue weighted by Crippen LogP contribution is -2.23. The van der Waals surface area contributed by atoms with Gasteiger partial charge in [0.25, 0.3) is 5.91 Å². The zero-order valence-corrected chi connectivity index (χ0v) is 11.4. The van der Waals surface area contributed by atoms with E-state index in [9.17, 15) is 9.18 Å². The summed E-state index contributed by atoms with van der Waals surface area (Å²) in [6, 6.07) is 4.10. The minimum atomic E-state index is -0.556. The van der Waals surface area contributed by atoms with E-state index < -0.39 is 11.7 Å². The first-order chi connectivity index (χ1) is 10.1. The molecule has 0 saturated heterocycles. The first-order valence-corrected chi connectivity index (χ1v) is 6.21. The molecule has 0 spiro atoms. The van der Waals surface area contributed by atoms with Crippen molar-refractivity contribution in [2.45, 2.75) is 6.54 Å². The van der Waals surface area contributed by atoms with E-state index in [0.29, 0.717) is 5.82 Å². The summed E-state index contributed by atoms with van der Waals surface area (Å²) in [7, 11) is 1.73. The number of aryl methyl sites for hydroxylation is 1. The topological polar surface area (TPSA) is 85.8 Å². The van der Waals surface area contributed by atoms with Crippen LogP contribution in [0, 0.1) is 17.7 Å². The van der Waals surface area contributed by atoms with Crippen molar-refractivity contribution in [3.8, 4) is 11.8 Å². The Hall–Kier alpha value is -2.72. The van der Waals surface area contributed by atoms with E-state index in [0.717, 1.165) is 6.07 Å². The Labute approximate surface area is 121 Å². The van der Waals surface area contributed by atoms with Crippen molar-refractivity contribution in [3.63, 3.8) is 0 Å². The maximum absolute atomic E-state index is 13.7. The van der Waals surface area contributed by atoms with Crippen LogP contribution in [0.25, 0.3) is 0 Å². The van der Waals surface area contributed by atoms with Gasteiger partial charge in [-0.2, -0.15) is 5.10 Å². The molecule has 0 aliphatic carbocycles. The van der Waals surface area contributed by atoms with Crippen molar-refractivity contribution in [2.75, 3.05) is 6.54 Å². The van der Waals surface area contributed by atoms with Gasteiger partial charge in [-0.05, 0) is 18.2 Å². The molecule has 1 aromatic carbocycles. The molecule has 0 aliphatic heterocycles. The molecule has 0 fully saturated rings. The molecule has 7 heteroatoms. The summed E-state index contributed by atoms with van der Waals surface area (Å²) in [5.41, 5.74) is 5.65. The number of hydrogen-bond acceptors (Lipinski definition) is 4. The van der Waals surface area contributed by atoms with Crippen LogP contribution in [0.2, 0.25) is 0 Å². The quantitative estimate of drug-likeness (QED) is 0.789. The van der Waals surface area contributed by atoms with Crippen LogP contribution in [-0.2, 0) is 13.6 Å². The summed E-state index contributed by atoms with van der Waals surface area (Å²) in [6.45, 7) is 0.328.